The van der Waals surface area contributed by atoms with Crippen LogP contribution in [0.25, 0.3) is 0 Å². The van der Waals surface area contributed by atoms with Gasteiger partial charge in [0.2, 0.25) is 0 Å². The van der Waals surface area contributed by atoms with Gasteiger partial charge in [0.15, 0.2) is 0 Å². The lowest BCUT2D eigenvalue weighted by atomic mass is 10.3. The number of aliphatic carboxylic acids is 2. The fourth-order valence-electron chi connectivity index (χ4n) is 0.329. The van der Waals surface area contributed by atoms with Crippen LogP contribution < -0.4 is 0 Å². The largest absolute Gasteiger partial charge is 0.481 e. The molecule has 0 aromatic heterocycles. The lowest BCUT2D eigenvalue weighted by molar-refractivity contribution is -0.136. The molecule has 0 aliphatic rings. The van der Waals surface area contributed by atoms with Crippen LogP contribution in [0.15, 0.2) is 11.9 Å². The molecule has 0 spiro atoms. The molecule has 2 N–H and O–H groups in total. The molecular weight excluding hydrogens is 143 g/mol. The second kappa shape index (κ2) is 3.60. The van der Waals surface area contributed by atoms with Gasteiger partial charge in [0.25, 0.3) is 0 Å². The van der Waals surface area contributed by atoms with Gasteiger partial charge in [-0.05, 0) is 0 Å². The molecule has 10 heavy (non-hydrogen) atoms. The van der Waals surface area contributed by atoms with Gasteiger partial charge in [-0.15, -0.1) is 0 Å². The number of carboxylic acids is 2. The summed E-state index contributed by atoms with van der Waals surface area (Å²) in [6, 6.07) is 0. The summed E-state index contributed by atoms with van der Waals surface area (Å²) in [5.41, 5.74) is 0. The van der Waals surface area contributed by atoms with Crippen LogP contribution in [0.5, 0.6) is 0 Å². The van der Waals surface area contributed by atoms with Crippen LogP contribution in [0.2, 0.25) is 0 Å². The Morgan fingerprint density at radius 1 is 1.40 bits per heavy atom. The Hall–Kier alpha value is -1.39. The van der Waals surface area contributed by atoms with E-state index >= 15 is 0 Å². The maximum atomic E-state index is 12.0. The predicted octanol–water partition coefficient (Wildman–Crippen LogP) is 0.399. The molecule has 0 aliphatic heterocycles. The molecule has 0 fully saturated rings. The van der Waals surface area contributed by atoms with Crippen molar-refractivity contribution in [1.82, 2.24) is 0 Å². The number of hydrogen-bond donors (Lipinski definition) is 2. The number of rotatable bonds is 3. The standard InChI is InChI=1S/C5H5FO4/c6-3(1-4(7)8)2-5(9)10/h1H,2H2,(H,7,8)(H,9,10)/b3-1-. The summed E-state index contributed by atoms with van der Waals surface area (Å²) in [5, 5.41) is 15.8. The zero-order valence-electron chi connectivity index (χ0n) is 4.87. The van der Waals surface area contributed by atoms with E-state index in [0.717, 1.165) is 0 Å². The Kier molecular flexibility index (Phi) is 3.10. The topological polar surface area (TPSA) is 74.6 Å². The second-order valence-electron chi connectivity index (χ2n) is 1.50. The van der Waals surface area contributed by atoms with Gasteiger partial charge in [-0.1, -0.05) is 0 Å². The van der Waals surface area contributed by atoms with Crippen molar-refractivity contribution in [3.05, 3.63) is 11.9 Å². The van der Waals surface area contributed by atoms with Gasteiger partial charge in [-0.25, -0.2) is 9.18 Å². The first-order chi connectivity index (χ1) is 4.52. The molecule has 0 rings (SSSR count). The molecule has 0 saturated carbocycles. The van der Waals surface area contributed by atoms with Crippen LogP contribution in [0.1, 0.15) is 6.42 Å². The van der Waals surface area contributed by atoms with Crippen molar-refractivity contribution in [2.24, 2.45) is 0 Å². The first-order valence-electron chi connectivity index (χ1n) is 2.33. The van der Waals surface area contributed by atoms with Crippen LogP contribution >= 0.6 is 0 Å². The summed E-state index contributed by atoms with van der Waals surface area (Å²) < 4.78 is 12.0. The van der Waals surface area contributed by atoms with E-state index in [0.29, 0.717) is 0 Å². The molecule has 0 heterocycles. The van der Waals surface area contributed by atoms with E-state index in [4.69, 9.17) is 10.2 Å². The summed E-state index contributed by atoms with van der Waals surface area (Å²) in [7, 11) is 0. The Balaban J connectivity index is 3.95. The Bertz CT molecular complexity index is 184. The third-order valence-electron chi connectivity index (χ3n) is 0.600. The van der Waals surface area contributed by atoms with Crippen molar-refractivity contribution in [3.8, 4) is 0 Å². The summed E-state index contributed by atoms with van der Waals surface area (Å²) in [6.07, 6.45) is -0.666. The number of hydrogen-bond acceptors (Lipinski definition) is 2. The first kappa shape index (κ1) is 8.61. The third-order valence-corrected chi connectivity index (χ3v) is 0.600. The van der Waals surface area contributed by atoms with Crippen molar-refractivity contribution < 1.29 is 24.2 Å². The average molecular weight is 148 g/mol. The van der Waals surface area contributed by atoms with E-state index in [1.54, 1.807) is 0 Å². The van der Waals surface area contributed by atoms with Crippen LogP contribution in [0.4, 0.5) is 4.39 Å². The highest BCUT2D eigenvalue weighted by Gasteiger charge is 2.03. The van der Waals surface area contributed by atoms with Gasteiger partial charge in [0, 0.05) is 0 Å². The highest BCUT2D eigenvalue weighted by atomic mass is 19.1. The maximum absolute atomic E-state index is 12.0. The van der Waals surface area contributed by atoms with Crippen LogP contribution in [0.3, 0.4) is 0 Å². The van der Waals surface area contributed by atoms with Crippen molar-refractivity contribution in [2.45, 2.75) is 6.42 Å². The smallest absolute Gasteiger partial charge is 0.330 e. The van der Waals surface area contributed by atoms with E-state index in [1.165, 1.54) is 0 Å². The molecule has 0 saturated heterocycles. The Morgan fingerprint density at radius 2 is 1.90 bits per heavy atom. The first-order valence-corrected chi connectivity index (χ1v) is 2.33. The summed E-state index contributed by atoms with van der Waals surface area (Å²) in [4.78, 5) is 19.4. The van der Waals surface area contributed by atoms with Gasteiger partial charge in [0.1, 0.15) is 5.83 Å². The van der Waals surface area contributed by atoms with Gasteiger partial charge in [-0.2, -0.15) is 0 Å². The van der Waals surface area contributed by atoms with Crippen molar-refractivity contribution in [3.63, 3.8) is 0 Å². The summed E-state index contributed by atoms with van der Waals surface area (Å²) in [5.74, 6) is -4.05. The van der Waals surface area contributed by atoms with Crippen molar-refractivity contribution >= 4 is 11.9 Å². The fraction of sp³-hybridized carbons (Fsp3) is 0.200. The molecule has 0 aromatic carbocycles. The highest BCUT2D eigenvalue weighted by molar-refractivity contribution is 5.81. The SMILES string of the molecule is O=C(O)/C=C(\F)CC(=O)O. The normalized spacial score (nSPS) is 11.1. The minimum atomic E-state index is -1.49. The average Bonchev–Trinajstić information content (AvgIpc) is 1.58. The molecule has 0 amide bonds. The maximum Gasteiger partial charge on any atom is 0.330 e. The van der Waals surface area contributed by atoms with E-state index in [2.05, 4.69) is 0 Å². The van der Waals surface area contributed by atoms with Crippen molar-refractivity contribution in [2.75, 3.05) is 0 Å². The molecule has 0 radical (unpaired) electrons. The molecule has 0 aromatic rings. The molecule has 5 heteroatoms. The predicted molar refractivity (Wildman–Crippen MR) is 29.1 cm³/mol. The van der Waals surface area contributed by atoms with Crippen LogP contribution in [-0.2, 0) is 9.59 Å². The van der Waals surface area contributed by atoms with E-state index in [1.807, 2.05) is 0 Å². The molecule has 4 nitrogen and oxygen atoms in total. The van der Waals surface area contributed by atoms with E-state index < -0.39 is 24.2 Å². The number of carbonyl (C=O) groups is 2. The molecular formula is C5H5FO4. The molecule has 0 unspecified atom stereocenters. The van der Waals surface area contributed by atoms with Gasteiger partial charge in [-0.3, -0.25) is 4.79 Å². The molecule has 0 bridgehead atoms. The lowest BCUT2D eigenvalue weighted by Crippen LogP contribution is -1.96. The molecule has 0 atom stereocenters. The second-order valence-corrected chi connectivity index (χ2v) is 1.50. The van der Waals surface area contributed by atoms with Gasteiger partial charge >= 0.3 is 11.9 Å². The molecule has 0 aliphatic carbocycles. The minimum absolute atomic E-state index is 0.216. The highest BCUT2D eigenvalue weighted by Crippen LogP contribution is 2.01. The van der Waals surface area contributed by atoms with E-state index in [9.17, 15) is 14.0 Å². The third kappa shape index (κ3) is 4.76. The lowest BCUT2D eigenvalue weighted by Gasteiger charge is -1.87. The monoisotopic (exact) mass is 148 g/mol. The van der Waals surface area contributed by atoms with E-state index in [-0.39, 0.29) is 6.08 Å². The minimum Gasteiger partial charge on any atom is -0.481 e. The zero-order chi connectivity index (χ0) is 8.15. The van der Waals surface area contributed by atoms with Crippen LogP contribution in [-0.4, -0.2) is 22.2 Å². The van der Waals surface area contributed by atoms with Crippen molar-refractivity contribution in [1.29, 1.82) is 0 Å². The fourth-order valence-corrected chi connectivity index (χ4v) is 0.329. The number of carboxylic acid groups (broad SMARTS) is 2. The van der Waals surface area contributed by atoms with Crippen LogP contribution in [0, 0.1) is 0 Å². The van der Waals surface area contributed by atoms with Gasteiger partial charge in [0.05, 0.1) is 12.5 Å². The Morgan fingerprint density at radius 3 is 2.20 bits per heavy atom. The number of halogens is 1. The van der Waals surface area contributed by atoms with Gasteiger partial charge < -0.3 is 10.2 Å². The zero-order valence-corrected chi connectivity index (χ0v) is 4.87. The Labute approximate surface area is 55.6 Å². The summed E-state index contributed by atoms with van der Waals surface area (Å²) in [6.45, 7) is 0. The summed E-state index contributed by atoms with van der Waals surface area (Å²) >= 11 is 0. The quantitative estimate of drug-likeness (QED) is 0.568. The molecule has 56 valence electrons.